The summed E-state index contributed by atoms with van der Waals surface area (Å²) in [4.78, 5) is 28.4. The summed E-state index contributed by atoms with van der Waals surface area (Å²) in [5, 5.41) is 6.22. The minimum absolute atomic E-state index is 0.0368. The molecule has 1 saturated carbocycles. The fourth-order valence-electron chi connectivity index (χ4n) is 4.64. The second-order valence-corrected chi connectivity index (χ2v) is 10.1. The van der Waals surface area contributed by atoms with Gasteiger partial charge in [-0.3, -0.25) is 9.59 Å². The van der Waals surface area contributed by atoms with Crippen molar-refractivity contribution in [3.05, 3.63) is 58.1 Å². The number of hydrogen-bond donors (Lipinski definition) is 2. The molecule has 2 aromatic carbocycles. The summed E-state index contributed by atoms with van der Waals surface area (Å²) in [6, 6.07) is 13.2. The lowest BCUT2D eigenvalue weighted by atomic mass is 9.95. The molecule has 0 unspecified atom stereocenters. The molecule has 1 saturated heterocycles. The highest BCUT2D eigenvalue weighted by molar-refractivity contribution is 9.10. The van der Waals surface area contributed by atoms with Crippen LogP contribution in [-0.2, 0) is 0 Å². The van der Waals surface area contributed by atoms with Gasteiger partial charge in [-0.1, -0.05) is 42.1 Å². The Morgan fingerprint density at radius 3 is 2.28 bits per heavy atom. The number of nitrogens with one attached hydrogen (secondary N) is 2. The Morgan fingerprint density at radius 2 is 1.59 bits per heavy atom. The zero-order valence-electron chi connectivity index (χ0n) is 18.7. The van der Waals surface area contributed by atoms with E-state index >= 15 is 0 Å². The minimum Gasteiger partial charge on any atom is -0.371 e. The quantitative estimate of drug-likeness (QED) is 0.532. The van der Waals surface area contributed by atoms with E-state index in [2.05, 4.69) is 38.4 Å². The molecule has 5 nitrogen and oxygen atoms in total. The van der Waals surface area contributed by atoms with Crippen LogP contribution in [0.3, 0.4) is 0 Å². The zero-order valence-corrected chi connectivity index (χ0v) is 20.3. The number of rotatable bonds is 5. The Morgan fingerprint density at radius 1 is 0.906 bits per heavy atom. The van der Waals surface area contributed by atoms with Crippen molar-refractivity contribution in [2.75, 3.05) is 23.3 Å². The molecule has 170 valence electrons. The number of carbonyl (C=O) groups is 2. The highest BCUT2D eigenvalue weighted by Gasteiger charge is 2.24. The van der Waals surface area contributed by atoms with Crippen molar-refractivity contribution in [2.24, 2.45) is 5.92 Å². The lowest BCUT2D eigenvalue weighted by Crippen LogP contribution is -2.38. The second kappa shape index (κ2) is 10.5. The lowest BCUT2D eigenvalue weighted by Gasteiger charge is -2.34. The predicted octanol–water partition coefficient (Wildman–Crippen LogP) is 6.00. The molecule has 32 heavy (non-hydrogen) atoms. The Hall–Kier alpha value is -2.34. The normalized spacial score (nSPS) is 17.8. The van der Waals surface area contributed by atoms with Crippen LogP contribution >= 0.6 is 15.9 Å². The van der Waals surface area contributed by atoms with Crippen LogP contribution in [0.1, 0.15) is 72.6 Å². The fourth-order valence-corrected chi connectivity index (χ4v) is 4.90. The lowest BCUT2D eigenvalue weighted by molar-refractivity contribution is 0.0927. The molecular formula is C26H32BrN3O2. The first kappa shape index (κ1) is 22.8. The number of anilines is 2. The van der Waals surface area contributed by atoms with E-state index in [0.29, 0.717) is 16.8 Å². The standard InChI is InChI=1S/C26H32BrN3O2/c1-18-13-15-30(16-14-18)24-12-11-22(29-25(31)19-7-9-20(27)10-8-19)17-23(24)26(32)28-21-5-3-2-4-6-21/h7-12,17-18,21H,2-6,13-16H2,1H3,(H,28,32)(H,29,31). The monoisotopic (exact) mass is 497 g/mol. The average molecular weight is 498 g/mol. The van der Waals surface area contributed by atoms with E-state index in [0.717, 1.165) is 54.9 Å². The summed E-state index contributed by atoms with van der Waals surface area (Å²) in [6.07, 6.45) is 7.94. The Bertz CT molecular complexity index is 946. The summed E-state index contributed by atoms with van der Waals surface area (Å²) >= 11 is 3.40. The van der Waals surface area contributed by atoms with Crippen LogP contribution in [0.5, 0.6) is 0 Å². The number of benzene rings is 2. The molecule has 1 aliphatic carbocycles. The smallest absolute Gasteiger partial charge is 0.255 e. The van der Waals surface area contributed by atoms with Crippen LogP contribution in [0.25, 0.3) is 0 Å². The van der Waals surface area contributed by atoms with Crippen molar-refractivity contribution in [3.63, 3.8) is 0 Å². The van der Waals surface area contributed by atoms with Gasteiger partial charge in [0.25, 0.3) is 11.8 Å². The third-order valence-electron chi connectivity index (χ3n) is 6.67. The third kappa shape index (κ3) is 5.71. The number of nitrogens with zero attached hydrogens (tertiary/aromatic N) is 1. The Balaban J connectivity index is 1.56. The molecule has 0 radical (unpaired) electrons. The molecule has 0 spiro atoms. The molecule has 4 rings (SSSR count). The first-order chi connectivity index (χ1) is 15.5. The van der Waals surface area contributed by atoms with Crippen molar-refractivity contribution in [2.45, 2.75) is 57.9 Å². The molecule has 2 fully saturated rings. The van der Waals surface area contributed by atoms with E-state index in [1.54, 1.807) is 12.1 Å². The Labute approximate surface area is 199 Å². The van der Waals surface area contributed by atoms with Crippen molar-refractivity contribution in [3.8, 4) is 0 Å². The first-order valence-corrected chi connectivity index (χ1v) is 12.6. The van der Waals surface area contributed by atoms with E-state index in [9.17, 15) is 9.59 Å². The maximum absolute atomic E-state index is 13.3. The van der Waals surface area contributed by atoms with Crippen molar-refractivity contribution < 1.29 is 9.59 Å². The van der Waals surface area contributed by atoms with Gasteiger partial charge in [0.15, 0.2) is 0 Å². The number of halogens is 1. The van der Waals surface area contributed by atoms with Gasteiger partial charge in [-0.15, -0.1) is 0 Å². The summed E-state index contributed by atoms with van der Waals surface area (Å²) in [5.41, 5.74) is 2.84. The molecule has 1 aliphatic heterocycles. The molecule has 2 amide bonds. The topological polar surface area (TPSA) is 61.4 Å². The molecule has 0 aromatic heterocycles. The molecule has 6 heteroatoms. The van der Waals surface area contributed by atoms with Gasteiger partial charge in [-0.2, -0.15) is 0 Å². The van der Waals surface area contributed by atoms with Crippen LogP contribution in [0.15, 0.2) is 46.9 Å². The Kier molecular flexibility index (Phi) is 7.51. The van der Waals surface area contributed by atoms with Crippen molar-refractivity contribution in [1.82, 2.24) is 5.32 Å². The third-order valence-corrected chi connectivity index (χ3v) is 7.20. The van der Waals surface area contributed by atoms with Crippen LogP contribution in [0.4, 0.5) is 11.4 Å². The van der Waals surface area contributed by atoms with Gasteiger partial charge in [0.1, 0.15) is 0 Å². The second-order valence-electron chi connectivity index (χ2n) is 9.17. The van der Waals surface area contributed by atoms with E-state index in [-0.39, 0.29) is 17.9 Å². The van der Waals surface area contributed by atoms with Crippen LogP contribution < -0.4 is 15.5 Å². The maximum atomic E-state index is 13.3. The first-order valence-electron chi connectivity index (χ1n) is 11.8. The van der Waals surface area contributed by atoms with Gasteiger partial charge >= 0.3 is 0 Å². The van der Waals surface area contributed by atoms with Crippen LogP contribution in [0, 0.1) is 5.92 Å². The highest BCUT2D eigenvalue weighted by atomic mass is 79.9. The van der Waals surface area contributed by atoms with Crippen LogP contribution in [-0.4, -0.2) is 30.9 Å². The SMILES string of the molecule is CC1CCN(c2ccc(NC(=O)c3ccc(Br)cc3)cc2C(=O)NC2CCCCC2)CC1. The number of piperidine rings is 1. The summed E-state index contributed by atoms with van der Waals surface area (Å²) in [6.45, 7) is 4.19. The van der Waals surface area contributed by atoms with Gasteiger partial charge in [0.2, 0.25) is 0 Å². The predicted molar refractivity (Wildman–Crippen MR) is 133 cm³/mol. The van der Waals surface area contributed by atoms with E-state index in [1.807, 2.05) is 30.3 Å². The molecule has 2 N–H and O–H groups in total. The highest BCUT2D eigenvalue weighted by Crippen LogP contribution is 2.29. The molecule has 2 aliphatic rings. The van der Waals surface area contributed by atoms with Gasteiger partial charge in [-0.25, -0.2) is 0 Å². The molecule has 1 heterocycles. The van der Waals surface area contributed by atoms with Crippen molar-refractivity contribution >= 4 is 39.1 Å². The van der Waals surface area contributed by atoms with Crippen molar-refractivity contribution in [1.29, 1.82) is 0 Å². The summed E-state index contributed by atoms with van der Waals surface area (Å²) in [5.74, 6) is 0.496. The van der Waals surface area contributed by atoms with Gasteiger partial charge < -0.3 is 15.5 Å². The van der Waals surface area contributed by atoms with E-state index in [1.165, 1.54) is 19.3 Å². The maximum Gasteiger partial charge on any atom is 0.255 e. The molecule has 0 bridgehead atoms. The average Bonchev–Trinajstić information content (AvgIpc) is 2.81. The number of hydrogen-bond acceptors (Lipinski definition) is 3. The zero-order chi connectivity index (χ0) is 22.5. The fraction of sp³-hybridized carbons (Fsp3) is 0.462. The van der Waals surface area contributed by atoms with E-state index < -0.39 is 0 Å². The summed E-state index contributed by atoms with van der Waals surface area (Å²) < 4.78 is 0.927. The molecular weight excluding hydrogens is 466 g/mol. The van der Waals surface area contributed by atoms with Gasteiger partial charge in [-0.05, 0) is 74.1 Å². The number of carbonyl (C=O) groups excluding carboxylic acids is 2. The largest absolute Gasteiger partial charge is 0.371 e. The molecule has 0 atom stereocenters. The number of amides is 2. The van der Waals surface area contributed by atoms with Gasteiger partial charge in [0.05, 0.1) is 5.56 Å². The summed E-state index contributed by atoms with van der Waals surface area (Å²) in [7, 11) is 0. The van der Waals surface area contributed by atoms with E-state index in [4.69, 9.17) is 0 Å². The van der Waals surface area contributed by atoms with Crippen LogP contribution in [0.2, 0.25) is 0 Å². The van der Waals surface area contributed by atoms with Gasteiger partial charge in [0, 0.05) is 40.5 Å². The molecule has 2 aromatic rings. The minimum atomic E-state index is -0.185.